The molecular weight excluding hydrogens is 302 g/mol. The van der Waals surface area contributed by atoms with Crippen LogP contribution in [0, 0.1) is 0 Å². The second-order valence-corrected chi connectivity index (χ2v) is 5.86. The molecular formula is C15H20BrN3. The Bertz CT molecular complexity index is 540. The minimum absolute atomic E-state index is 0.915. The Kier molecular flexibility index (Phi) is 5.31. The van der Waals surface area contributed by atoms with Gasteiger partial charge in [-0.15, -0.1) is 0 Å². The third-order valence-electron chi connectivity index (χ3n) is 3.06. The fourth-order valence-electron chi connectivity index (χ4n) is 2.04. The van der Waals surface area contributed by atoms with Crippen molar-refractivity contribution in [1.29, 1.82) is 0 Å². The highest BCUT2D eigenvalue weighted by Crippen LogP contribution is 2.23. The van der Waals surface area contributed by atoms with E-state index in [1.165, 1.54) is 22.8 Å². The molecule has 19 heavy (non-hydrogen) atoms. The monoisotopic (exact) mass is 321 g/mol. The van der Waals surface area contributed by atoms with Crippen LogP contribution < -0.4 is 5.32 Å². The number of nitrogens with zero attached hydrogens (tertiary/aromatic N) is 2. The molecule has 0 amide bonds. The molecule has 0 saturated heterocycles. The minimum atomic E-state index is 0.915. The predicted octanol–water partition coefficient (Wildman–Crippen LogP) is 3.04. The number of fused-ring (bicyclic) bond motifs is 1. The molecule has 4 heteroatoms. The van der Waals surface area contributed by atoms with E-state index in [-0.39, 0.29) is 0 Å². The van der Waals surface area contributed by atoms with Crippen molar-refractivity contribution in [3.8, 4) is 0 Å². The second-order valence-electron chi connectivity index (χ2n) is 5.01. The summed E-state index contributed by atoms with van der Waals surface area (Å²) in [6, 6.07) is 6.51. The maximum Gasteiger partial charge on any atom is 0.0437 e. The number of hydrogen-bond donors (Lipinski definition) is 1. The van der Waals surface area contributed by atoms with E-state index in [0.717, 1.165) is 24.1 Å². The normalized spacial score (nSPS) is 11.4. The van der Waals surface area contributed by atoms with Gasteiger partial charge in [0.15, 0.2) is 0 Å². The highest BCUT2D eigenvalue weighted by molar-refractivity contribution is 9.10. The third-order valence-corrected chi connectivity index (χ3v) is 3.70. The summed E-state index contributed by atoms with van der Waals surface area (Å²) in [6.07, 6.45) is 4.92. The molecule has 2 aromatic rings. The van der Waals surface area contributed by atoms with Crippen LogP contribution in [0.3, 0.4) is 0 Å². The van der Waals surface area contributed by atoms with Gasteiger partial charge in [0.05, 0.1) is 0 Å². The van der Waals surface area contributed by atoms with Crippen LogP contribution in [-0.2, 0) is 6.54 Å². The fraction of sp³-hybridized carbons (Fsp3) is 0.400. The van der Waals surface area contributed by atoms with Crippen LogP contribution in [0.5, 0.6) is 0 Å². The predicted molar refractivity (Wildman–Crippen MR) is 84.3 cm³/mol. The summed E-state index contributed by atoms with van der Waals surface area (Å²) in [6.45, 7) is 3.09. The van der Waals surface area contributed by atoms with Gasteiger partial charge in [-0.3, -0.25) is 4.98 Å². The Morgan fingerprint density at radius 3 is 2.89 bits per heavy atom. The first-order valence-electron chi connectivity index (χ1n) is 6.54. The largest absolute Gasteiger partial charge is 0.313 e. The Balaban J connectivity index is 1.92. The number of rotatable bonds is 6. The van der Waals surface area contributed by atoms with Crippen molar-refractivity contribution in [3.05, 3.63) is 40.6 Å². The highest BCUT2D eigenvalue weighted by Gasteiger charge is 2.00. The van der Waals surface area contributed by atoms with Crippen LogP contribution >= 0.6 is 15.9 Å². The van der Waals surface area contributed by atoms with Gasteiger partial charge in [0.2, 0.25) is 0 Å². The standard InChI is InChI=1S/C15H20BrN3/c1-19(2)7-3-6-17-9-12-4-5-13-10-18-11-15(16)14(13)8-12/h4-5,8,10-11,17H,3,6-7,9H2,1-2H3. The number of benzene rings is 1. The first kappa shape index (κ1) is 14.4. The summed E-state index contributed by atoms with van der Waals surface area (Å²) in [5.41, 5.74) is 1.31. The van der Waals surface area contributed by atoms with Gasteiger partial charge in [0, 0.05) is 28.8 Å². The van der Waals surface area contributed by atoms with Crippen LogP contribution in [0.25, 0.3) is 10.8 Å². The van der Waals surface area contributed by atoms with Gasteiger partial charge in [0.25, 0.3) is 0 Å². The molecule has 0 fully saturated rings. The smallest absolute Gasteiger partial charge is 0.0437 e. The van der Waals surface area contributed by atoms with Crippen molar-refractivity contribution < 1.29 is 0 Å². The molecule has 0 aliphatic rings. The average Bonchev–Trinajstić information content (AvgIpc) is 2.39. The summed E-state index contributed by atoms with van der Waals surface area (Å²) in [7, 11) is 4.21. The van der Waals surface area contributed by atoms with Crippen LogP contribution in [-0.4, -0.2) is 37.1 Å². The Morgan fingerprint density at radius 1 is 1.26 bits per heavy atom. The molecule has 1 aromatic heterocycles. The van der Waals surface area contributed by atoms with E-state index >= 15 is 0 Å². The van der Waals surface area contributed by atoms with Crippen molar-refractivity contribution in [1.82, 2.24) is 15.2 Å². The van der Waals surface area contributed by atoms with Gasteiger partial charge in [0.1, 0.15) is 0 Å². The lowest BCUT2D eigenvalue weighted by atomic mass is 10.1. The quantitative estimate of drug-likeness (QED) is 0.829. The number of pyridine rings is 1. The van der Waals surface area contributed by atoms with E-state index < -0.39 is 0 Å². The molecule has 3 nitrogen and oxygen atoms in total. The topological polar surface area (TPSA) is 28.2 Å². The van der Waals surface area contributed by atoms with E-state index in [9.17, 15) is 0 Å². The minimum Gasteiger partial charge on any atom is -0.313 e. The van der Waals surface area contributed by atoms with Crippen LogP contribution in [0.4, 0.5) is 0 Å². The van der Waals surface area contributed by atoms with E-state index in [1.807, 2.05) is 12.4 Å². The zero-order valence-corrected chi connectivity index (χ0v) is 13.1. The van der Waals surface area contributed by atoms with Crippen molar-refractivity contribution >= 4 is 26.7 Å². The van der Waals surface area contributed by atoms with Crippen molar-refractivity contribution in [2.75, 3.05) is 27.2 Å². The van der Waals surface area contributed by atoms with Gasteiger partial charge in [-0.1, -0.05) is 12.1 Å². The maximum absolute atomic E-state index is 4.18. The lowest BCUT2D eigenvalue weighted by Crippen LogP contribution is -2.20. The second kappa shape index (κ2) is 6.98. The van der Waals surface area contributed by atoms with Gasteiger partial charge in [-0.05, 0) is 66.6 Å². The Labute approximate surface area is 123 Å². The summed E-state index contributed by atoms with van der Waals surface area (Å²) in [4.78, 5) is 6.39. The molecule has 1 aromatic carbocycles. The first-order valence-corrected chi connectivity index (χ1v) is 7.34. The van der Waals surface area contributed by atoms with Crippen molar-refractivity contribution in [3.63, 3.8) is 0 Å². The van der Waals surface area contributed by atoms with Crippen LogP contribution in [0.1, 0.15) is 12.0 Å². The lowest BCUT2D eigenvalue weighted by molar-refractivity contribution is 0.394. The highest BCUT2D eigenvalue weighted by atomic mass is 79.9. The van der Waals surface area contributed by atoms with Gasteiger partial charge < -0.3 is 10.2 Å². The Morgan fingerprint density at radius 2 is 2.11 bits per heavy atom. The number of hydrogen-bond acceptors (Lipinski definition) is 3. The average molecular weight is 322 g/mol. The number of nitrogens with one attached hydrogen (secondary N) is 1. The molecule has 0 radical (unpaired) electrons. The van der Waals surface area contributed by atoms with Gasteiger partial charge in [-0.25, -0.2) is 0 Å². The summed E-state index contributed by atoms with van der Waals surface area (Å²) < 4.78 is 1.06. The van der Waals surface area contributed by atoms with Gasteiger partial charge in [-0.2, -0.15) is 0 Å². The molecule has 0 saturated carbocycles. The third kappa shape index (κ3) is 4.27. The molecule has 1 heterocycles. The van der Waals surface area contributed by atoms with Crippen LogP contribution in [0.2, 0.25) is 0 Å². The molecule has 0 bridgehead atoms. The van der Waals surface area contributed by atoms with Crippen LogP contribution in [0.15, 0.2) is 35.1 Å². The Hall–Kier alpha value is -0.970. The zero-order valence-electron chi connectivity index (χ0n) is 11.5. The number of halogens is 1. The first-order chi connectivity index (χ1) is 9.16. The molecule has 0 atom stereocenters. The maximum atomic E-state index is 4.18. The van der Waals surface area contributed by atoms with E-state index in [4.69, 9.17) is 0 Å². The summed E-state index contributed by atoms with van der Waals surface area (Å²) >= 11 is 3.55. The van der Waals surface area contributed by atoms with Crippen molar-refractivity contribution in [2.24, 2.45) is 0 Å². The molecule has 2 rings (SSSR count). The molecule has 102 valence electrons. The van der Waals surface area contributed by atoms with E-state index in [2.05, 4.69) is 63.4 Å². The molecule has 0 aliphatic heterocycles. The van der Waals surface area contributed by atoms with E-state index in [0.29, 0.717) is 0 Å². The lowest BCUT2D eigenvalue weighted by Gasteiger charge is -2.10. The fourth-order valence-corrected chi connectivity index (χ4v) is 2.50. The molecule has 0 unspecified atom stereocenters. The molecule has 0 spiro atoms. The molecule has 0 aliphatic carbocycles. The summed E-state index contributed by atoms with van der Waals surface area (Å²) in [5, 5.41) is 5.88. The van der Waals surface area contributed by atoms with Gasteiger partial charge >= 0.3 is 0 Å². The summed E-state index contributed by atoms with van der Waals surface area (Å²) in [5.74, 6) is 0. The van der Waals surface area contributed by atoms with E-state index in [1.54, 1.807) is 0 Å². The zero-order chi connectivity index (χ0) is 13.7. The SMILES string of the molecule is CN(C)CCCNCc1ccc2cncc(Br)c2c1. The molecule has 1 N–H and O–H groups in total. The van der Waals surface area contributed by atoms with Crippen molar-refractivity contribution in [2.45, 2.75) is 13.0 Å². The number of aromatic nitrogens is 1.